The van der Waals surface area contributed by atoms with Gasteiger partial charge in [0.25, 0.3) is 0 Å². The molecule has 186 valence electrons. The first kappa shape index (κ1) is 27.0. The Morgan fingerprint density at radius 1 is 0.806 bits per heavy atom. The zero-order valence-corrected chi connectivity index (χ0v) is 21.0. The normalized spacial score (nSPS) is 12.9. The van der Waals surface area contributed by atoms with Gasteiger partial charge in [-0.05, 0) is 40.7 Å². The third kappa shape index (κ3) is 9.57. The van der Waals surface area contributed by atoms with Crippen LogP contribution in [0.1, 0.15) is 30.9 Å². The van der Waals surface area contributed by atoms with Gasteiger partial charge in [0.2, 0.25) is 0 Å². The highest BCUT2D eigenvalue weighted by Crippen LogP contribution is 2.20. The zero-order chi connectivity index (χ0) is 25.3. The topological polar surface area (TPSA) is 47.9 Å². The molecule has 0 spiro atoms. The van der Waals surface area contributed by atoms with Gasteiger partial charge in [-0.25, -0.2) is 0 Å². The van der Waals surface area contributed by atoms with Crippen molar-refractivity contribution in [1.29, 1.82) is 0 Å². The Kier molecular flexibility index (Phi) is 12.1. The van der Waals surface area contributed by atoms with Crippen LogP contribution in [0.5, 0.6) is 0 Å². The monoisotopic (exact) mass is 481 g/mol. The summed E-state index contributed by atoms with van der Waals surface area (Å²) in [5, 5.41) is 3.16. The molecule has 4 nitrogen and oxygen atoms in total. The quantitative estimate of drug-likeness (QED) is 0.0955. The van der Waals surface area contributed by atoms with E-state index >= 15 is 0 Å². The Balaban J connectivity index is 1.39. The fraction of sp³-hybridized carbons (Fsp3) is 0.250. The number of benzene rings is 3. The Bertz CT molecular complexity index is 1100. The number of rotatable bonds is 15. The van der Waals surface area contributed by atoms with Gasteiger partial charge in [0.1, 0.15) is 6.04 Å². The SMILES string of the molecule is CC/C=C\C/C(=C\C=C\COCC(COCc1ccc(-c2ccccc2)cc1)N=O)c1ccccc1. The van der Waals surface area contributed by atoms with Crippen molar-refractivity contribution in [1.82, 2.24) is 0 Å². The lowest BCUT2D eigenvalue weighted by atomic mass is 10.0. The number of allylic oxidation sites excluding steroid dienone is 5. The van der Waals surface area contributed by atoms with Crippen LogP contribution in [0.4, 0.5) is 0 Å². The van der Waals surface area contributed by atoms with Gasteiger partial charge < -0.3 is 9.47 Å². The van der Waals surface area contributed by atoms with Crippen LogP contribution in [0.3, 0.4) is 0 Å². The molecule has 0 bridgehead atoms. The van der Waals surface area contributed by atoms with E-state index in [9.17, 15) is 4.91 Å². The molecule has 0 radical (unpaired) electrons. The van der Waals surface area contributed by atoms with E-state index in [1.165, 1.54) is 16.7 Å². The molecule has 0 saturated carbocycles. The maximum absolute atomic E-state index is 11.2. The van der Waals surface area contributed by atoms with Gasteiger partial charge in [0, 0.05) is 0 Å². The van der Waals surface area contributed by atoms with Crippen LogP contribution in [0.25, 0.3) is 16.7 Å². The second kappa shape index (κ2) is 16.1. The van der Waals surface area contributed by atoms with Crippen LogP contribution >= 0.6 is 0 Å². The molecule has 3 aromatic rings. The summed E-state index contributed by atoms with van der Waals surface area (Å²) in [7, 11) is 0. The predicted molar refractivity (Wildman–Crippen MR) is 150 cm³/mol. The van der Waals surface area contributed by atoms with Crippen molar-refractivity contribution in [3.63, 3.8) is 0 Å². The van der Waals surface area contributed by atoms with Gasteiger partial charge in [-0.2, -0.15) is 4.91 Å². The molecule has 3 aromatic carbocycles. The number of ether oxygens (including phenoxy) is 2. The molecule has 1 atom stereocenters. The summed E-state index contributed by atoms with van der Waals surface area (Å²) in [6, 6.07) is 28.3. The lowest BCUT2D eigenvalue weighted by molar-refractivity contribution is 0.0694. The van der Waals surface area contributed by atoms with Crippen molar-refractivity contribution in [3.05, 3.63) is 131 Å². The number of nitrogens with zero attached hydrogens (tertiary/aromatic N) is 1. The Hall–Kier alpha value is -3.60. The highest BCUT2D eigenvalue weighted by atomic mass is 16.5. The third-order valence-corrected chi connectivity index (χ3v) is 5.63. The van der Waals surface area contributed by atoms with Crippen LogP contribution in [0.15, 0.2) is 120 Å². The molecule has 36 heavy (non-hydrogen) atoms. The summed E-state index contributed by atoms with van der Waals surface area (Å²) in [5.41, 5.74) is 5.85. The standard InChI is InChI=1S/C32H35NO3/c1-2-3-6-13-28(29-14-7-4-8-15-29)18-11-12-23-35-25-32(33-34)26-36-24-27-19-21-31(22-20-27)30-16-9-5-10-17-30/h3-12,14-22,32H,2,13,23-26H2,1H3/b6-3-,12-11+,28-18+. The summed E-state index contributed by atoms with van der Waals surface area (Å²) in [5.74, 6) is 0. The molecule has 0 saturated heterocycles. The molecule has 0 fully saturated rings. The van der Waals surface area contributed by atoms with Gasteiger partial charge in [-0.3, -0.25) is 0 Å². The molecule has 4 heteroatoms. The summed E-state index contributed by atoms with van der Waals surface area (Å²) in [6.45, 7) is 3.44. The molecule has 0 aliphatic rings. The summed E-state index contributed by atoms with van der Waals surface area (Å²) in [6.07, 6.45) is 12.3. The van der Waals surface area contributed by atoms with Gasteiger partial charge in [-0.1, -0.05) is 127 Å². The minimum Gasteiger partial charge on any atom is -0.375 e. The molecule has 0 amide bonds. The van der Waals surface area contributed by atoms with Crippen LogP contribution in [0.2, 0.25) is 0 Å². The number of hydrogen-bond donors (Lipinski definition) is 0. The first-order valence-corrected chi connectivity index (χ1v) is 12.5. The maximum atomic E-state index is 11.2. The average Bonchev–Trinajstić information content (AvgIpc) is 2.94. The first-order chi connectivity index (χ1) is 17.8. The number of hydrogen-bond acceptors (Lipinski definition) is 4. The van der Waals surface area contributed by atoms with Crippen molar-refractivity contribution < 1.29 is 9.47 Å². The highest BCUT2D eigenvalue weighted by molar-refractivity contribution is 5.68. The fourth-order valence-corrected chi connectivity index (χ4v) is 3.67. The summed E-state index contributed by atoms with van der Waals surface area (Å²) in [4.78, 5) is 11.2. The van der Waals surface area contributed by atoms with E-state index in [4.69, 9.17) is 9.47 Å². The fourth-order valence-electron chi connectivity index (χ4n) is 3.67. The van der Waals surface area contributed by atoms with Crippen molar-refractivity contribution in [3.8, 4) is 11.1 Å². The molecule has 0 aliphatic carbocycles. The smallest absolute Gasteiger partial charge is 0.138 e. The first-order valence-electron chi connectivity index (χ1n) is 12.5. The summed E-state index contributed by atoms with van der Waals surface area (Å²) >= 11 is 0. The van der Waals surface area contributed by atoms with Crippen molar-refractivity contribution in [2.75, 3.05) is 19.8 Å². The van der Waals surface area contributed by atoms with Crippen molar-refractivity contribution in [2.24, 2.45) is 5.18 Å². The second-order valence-electron chi connectivity index (χ2n) is 8.44. The van der Waals surface area contributed by atoms with Crippen molar-refractivity contribution >= 4 is 5.57 Å². The van der Waals surface area contributed by atoms with Gasteiger partial charge in [0.15, 0.2) is 0 Å². The van der Waals surface area contributed by atoms with E-state index in [-0.39, 0.29) is 13.2 Å². The lowest BCUT2D eigenvalue weighted by Gasteiger charge is -2.10. The van der Waals surface area contributed by atoms with E-state index in [0.29, 0.717) is 13.2 Å². The second-order valence-corrected chi connectivity index (χ2v) is 8.44. The Labute approximate surface area is 215 Å². The maximum Gasteiger partial charge on any atom is 0.138 e. The van der Waals surface area contributed by atoms with Gasteiger partial charge in [0.05, 0.1) is 26.4 Å². The van der Waals surface area contributed by atoms with E-state index < -0.39 is 6.04 Å². The predicted octanol–water partition coefficient (Wildman–Crippen LogP) is 8.02. The third-order valence-electron chi connectivity index (χ3n) is 5.63. The van der Waals surface area contributed by atoms with Crippen LogP contribution in [-0.2, 0) is 16.1 Å². The van der Waals surface area contributed by atoms with Gasteiger partial charge >= 0.3 is 0 Å². The van der Waals surface area contributed by atoms with Crippen LogP contribution < -0.4 is 0 Å². The molecular weight excluding hydrogens is 446 g/mol. The van der Waals surface area contributed by atoms with Crippen LogP contribution in [0, 0.1) is 4.91 Å². The molecule has 3 rings (SSSR count). The number of nitroso groups, excluding NO2 is 1. The minimum atomic E-state index is -0.531. The largest absolute Gasteiger partial charge is 0.375 e. The molecule has 0 aromatic heterocycles. The van der Waals surface area contributed by atoms with E-state index in [1.807, 2.05) is 60.7 Å². The molecule has 0 heterocycles. The lowest BCUT2D eigenvalue weighted by Crippen LogP contribution is -2.19. The Morgan fingerprint density at radius 2 is 1.47 bits per heavy atom. The summed E-state index contributed by atoms with van der Waals surface area (Å²) < 4.78 is 11.4. The van der Waals surface area contributed by atoms with E-state index in [2.05, 4.69) is 66.7 Å². The minimum absolute atomic E-state index is 0.231. The average molecular weight is 482 g/mol. The Morgan fingerprint density at radius 3 is 2.17 bits per heavy atom. The highest BCUT2D eigenvalue weighted by Gasteiger charge is 2.09. The van der Waals surface area contributed by atoms with Crippen molar-refractivity contribution in [2.45, 2.75) is 32.4 Å². The van der Waals surface area contributed by atoms with E-state index in [1.54, 1.807) is 0 Å². The molecular formula is C32H35NO3. The van der Waals surface area contributed by atoms with E-state index in [0.717, 1.165) is 24.0 Å². The van der Waals surface area contributed by atoms with Crippen LogP contribution in [-0.4, -0.2) is 25.9 Å². The molecule has 1 unspecified atom stereocenters. The molecule has 0 aliphatic heterocycles. The molecule has 0 N–H and O–H groups in total. The zero-order valence-electron chi connectivity index (χ0n) is 21.0. The van der Waals surface area contributed by atoms with Gasteiger partial charge in [-0.15, -0.1) is 0 Å².